The van der Waals surface area contributed by atoms with Gasteiger partial charge in [-0.15, -0.1) is 23.1 Å². The van der Waals surface area contributed by atoms with Crippen LogP contribution in [0.3, 0.4) is 0 Å². The zero-order valence-corrected chi connectivity index (χ0v) is 18.2. The molecule has 1 N–H and O–H groups in total. The van der Waals surface area contributed by atoms with Gasteiger partial charge in [0.25, 0.3) is 0 Å². The van der Waals surface area contributed by atoms with E-state index in [2.05, 4.69) is 5.32 Å². The van der Waals surface area contributed by atoms with Gasteiger partial charge in [-0.25, -0.2) is 4.79 Å². The molecule has 2 rings (SSSR count). The van der Waals surface area contributed by atoms with Crippen LogP contribution < -0.4 is 10.1 Å². The predicted octanol–water partition coefficient (Wildman–Crippen LogP) is 4.94. The van der Waals surface area contributed by atoms with Crippen LogP contribution in [0.25, 0.3) is 0 Å². The minimum Gasteiger partial charge on any atom is -0.497 e. The maximum atomic E-state index is 12.3. The van der Waals surface area contributed by atoms with E-state index in [0.29, 0.717) is 32.5 Å². The average molecular weight is 437 g/mol. The van der Waals surface area contributed by atoms with Gasteiger partial charge in [0.05, 0.1) is 18.6 Å². The van der Waals surface area contributed by atoms with E-state index in [9.17, 15) is 9.59 Å². The van der Waals surface area contributed by atoms with Gasteiger partial charge in [0.1, 0.15) is 21.0 Å². The molecule has 0 radical (unpaired) electrons. The van der Waals surface area contributed by atoms with Gasteiger partial charge in [0, 0.05) is 17.1 Å². The third-order valence-corrected chi connectivity index (χ3v) is 6.75. The largest absolute Gasteiger partial charge is 0.497 e. The minimum absolute atomic E-state index is 0.169. The Morgan fingerprint density at radius 2 is 2.00 bits per heavy atom. The van der Waals surface area contributed by atoms with E-state index in [1.54, 1.807) is 32.7 Å². The van der Waals surface area contributed by atoms with E-state index >= 15 is 0 Å². The van der Waals surface area contributed by atoms with Gasteiger partial charge >= 0.3 is 5.97 Å². The Balaban J connectivity index is 1.99. The molecule has 0 bridgehead atoms. The molecule has 0 atom stereocenters. The fourth-order valence-electron chi connectivity index (χ4n) is 2.26. The number of anilines is 1. The van der Waals surface area contributed by atoms with Crippen molar-refractivity contribution < 1.29 is 19.1 Å². The number of esters is 1. The first kappa shape index (κ1) is 22.1. The average Bonchev–Trinajstić information content (AvgIpc) is 2.99. The molecule has 9 heteroatoms. The number of nitrogens with zero attached hydrogens (tertiary/aromatic N) is 1. The molecule has 0 fully saturated rings. The number of nitrogens with one attached hydrogen (secondary N) is 1. The van der Waals surface area contributed by atoms with Crippen LogP contribution in [-0.2, 0) is 9.53 Å². The maximum absolute atomic E-state index is 12.3. The van der Waals surface area contributed by atoms with Crippen molar-refractivity contribution in [1.82, 2.24) is 0 Å². The lowest BCUT2D eigenvalue weighted by molar-refractivity contribution is -0.115. The summed E-state index contributed by atoms with van der Waals surface area (Å²) >= 11 is 3.63. The molecule has 1 aromatic carbocycles. The summed E-state index contributed by atoms with van der Waals surface area (Å²) < 4.78 is 10.2. The molecule has 1 amide bonds. The summed E-state index contributed by atoms with van der Waals surface area (Å²) in [6.07, 6.45) is 0.305. The Morgan fingerprint density at radius 3 is 2.61 bits per heavy atom. The van der Waals surface area contributed by atoms with Crippen molar-refractivity contribution in [3.05, 3.63) is 34.7 Å². The highest BCUT2D eigenvalue weighted by atomic mass is 32.2. The van der Waals surface area contributed by atoms with E-state index in [4.69, 9.17) is 14.7 Å². The number of benzene rings is 1. The number of methoxy groups -OCH3 is 1. The lowest BCUT2D eigenvalue weighted by Crippen LogP contribution is -2.11. The Morgan fingerprint density at radius 1 is 1.29 bits per heavy atom. The summed E-state index contributed by atoms with van der Waals surface area (Å²) in [5.41, 5.74) is 0.651. The second-order valence-electron chi connectivity index (χ2n) is 5.45. The number of thioether (sulfide) groups is 2. The standard InChI is InChI=1S/C19H20N2O4S3/c1-4-25-19(23)17-12(2)16(27-11-20)18(28-17)21-15(22)9-10-26-14-7-5-13(24-3)6-8-14/h5-8H,4,9-10H2,1-3H3,(H,21,22). The van der Waals surface area contributed by atoms with Crippen molar-refractivity contribution in [2.24, 2.45) is 0 Å². The summed E-state index contributed by atoms with van der Waals surface area (Å²) in [5.74, 6) is 0.779. The lowest BCUT2D eigenvalue weighted by atomic mass is 10.3. The molecule has 6 nitrogen and oxygen atoms in total. The Labute approximate surface area is 176 Å². The SMILES string of the molecule is CCOC(=O)c1sc(NC(=O)CCSc2ccc(OC)cc2)c(SC#N)c1C. The summed E-state index contributed by atoms with van der Waals surface area (Å²) in [6, 6.07) is 7.63. The number of hydrogen-bond donors (Lipinski definition) is 1. The number of rotatable bonds is 9. The second kappa shape index (κ2) is 11.0. The van der Waals surface area contributed by atoms with Gasteiger partial charge in [-0.05, 0) is 55.4 Å². The highest BCUT2D eigenvalue weighted by molar-refractivity contribution is 8.04. The fourth-order valence-corrected chi connectivity index (χ4v) is 4.93. The van der Waals surface area contributed by atoms with Crippen LogP contribution in [0.1, 0.15) is 28.6 Å². The molecule has 0 aliphatic rings. The number of thiophene rings is 1. The molecule has 0 saturated carbocycles. The first-order chi connectivity index (χ1) is 13.5. The van der Waals surface area contributed by atoms with Gasteiger partial charge in [-0.3, -0.25) is 4.79 Å². The molecule has 0 aliphatic heterocycles. The van der Waals surface area contributed by atoms with Gasteiger partial charge in [0.15, 0.2) is 0 Å². The number of ether oxygens (including phenoxy) is 2. The van der Waals surface area contributed by atoms with Crippen molar-refractivity contribution in [3.8, 4) is 11.2 Å². The molecule has 0 spiro atoms. The lowest BCUT2D eigenvalue weighted by Gasteiger charge is -2.05. The molecule has 2 aromatic rings. The van der Waals surface area contributed by atoms with Gasteiger partial charge < -0.3 is 14.8 Å². The number of carbonyl (C=O) groups is 2. The number of nitriles is 1. The molecule has 1 aromatic heterocycles. The van der Waals surface area contributed by atoms with Crippen LogP contribution in [0.15, 0.2) is 34.1 Å². The third kappa shape index (κ3) is 5.92. The number of carbonyl (C=O) groups excluding carboxylic acids is 2. The summed E-state index contributed by atoms with van der Waals surface area (Å²) in [6.45, 7) is 3.74. The van der Waals surface area contributed by atoms with E-state index in [-0.39, 0.29) is 12.5 Å². The Bertz CT molecular complexity index is 873. The predicted molar refractivity (Wildman–Crippen MR) is 113 cm³/mol. The molecule has 0 unspecified atom stereocenters. The number of hydrogen-bond acceptors (Lipinski definition) is 8. The molecule has 1 heterocycles. The molecular formula is C19H20N2O4S3. The highest BCUT2D eigenvalue weighted by Gasteiger charge is 2.22. The topological polar surface area (TPSA) is 88.4 Å². The molecule has 0 saturated heterocycles. The van der Waals surface area contributed by atoms with Crippen LogP contribution in [-0.4, -0.2) is 31.3 Å². The van der Waals surface area contributed by atoms with Gasteiger partial charge in [-0.2, -0.15) is 5.26 Å². The summed E-state index contributed by atoms with van der Waals surface area (Å²) in [4.78, 5) is 26.4. The molecular weight excluding hydrogens is 416 g/mol. The highest BCUT2D eigenvalue weighted by Crippen LogP contribution is 2.40. The zero-order valence-electron chi connectivity index (χ0n) is 15.7. The van der Waals surface area contributed by atoms with Crippen LogP contribution >= 0.6 is 34.9 Å². The first-order valence-electron chi connectivity index (χ1n) is 8.43. The molecule has 0 aliphatic carbocycles. The van der Waals surface area contributed by atoms with E-state index in [0.717, 1.165) is 33.7 Å². The molecule has 28 heavy (non-hydrogen) atoms. The van der Waals surface area contributed by atoms with E-state index in [1.165, 1.54) is 0 Å². The summed E-state index contributed by atoms with van der Waals surface area (Å²) in [5, 5.41) is 14.4. The van der Waals surface area contributed by atoms with Gasteiger partial charge in [0.2, 0.25) is 5.91 Å². The second-order valence-corrected chi connectivity index (χ2v) is 8.43. The monoisotopic (exact) mass is 436 g/mol. The number of amides is 1. The quantitative estimate of drug-likeness (QED) is 0.338. The van der Waals surface area contributed by atoms with Crippen LogP contribution in [0.2, 0.25) is 0 Å². The first-order valence-corrected chi connectivity index (χ1v) is 11.0. The van der Waals surface area contributed by atoms with Crippen LogP contribution in [0.4, 0.5) is 5.00 Å². The third-order valence-electron chi connectivity index (χ3n) is 3.61. The van der Waals surface area contributed by atoms with Crippen LogP contribution in [0.5, 0.6) is 5.75 Å². The van der Waals surface area contributed by atoms with E-state index in [1.807, 2.05) is 29.7 Å². The summed E-state index contributed by atoms with van der Waals surface area (Å²) in [7, 11) is 1.62. The molecule has 148 valence electrons. The van der Waals surface area contributed by atoms with Crippen molar-refractivity contribution in [2.45, 2.75) is 30.1 Å². The minimum atomic E-state index is -0.444. The fraction of sp³-hybridized carbons (Fsp3) is 0.316. The zero-order chi connectivity index (χ0) is 20.5. The Kier molecular flexibility index (Phi) is 8.70. The Hall–Kier alpha value is -2.15. The van der Waals surface area contributed by atoms with Crippen molar-refractivity contribution in [3.63, 3.8) is 0 Å². The van der Waals surface area contributed by atoms with Gasteiger partial charge in [-0.1, -0.05) is 0 Å². The van der Waals surface area contributed by atoms with Crippen molar-refractivity contribution >= 4 is 51.7 Å². The number of thiocyanates is 1. The normalized spacial score (nSPS) is 10.2. The van der Waals surface area contributed by atoms with Crippen LogP contribution in [0, 0.1) is 17.6 Å². The van der Waals surface area contributed by atoms with Crippen molar-refractivity contribution in [2.75, 3.05) is 24.8 Å². The smallest absolute Gasteiger partial charge is 0.348 e. The maximum Gasteiger partial charge on any atom is 0.348 e. The van der Waals surface area contributed by atoms with E-state index < -0.39 is 5.97 Å². The van der Waals surface area contributed by atoms with Crippen molar-refractivity contribution in [1.29, 1.82) is 5.26 Å².